The third-order valence-electron chi connectivity index (χ3n) is 4.66. The molecule has 3 nitrogen and oxygen atoms in total. The quantitative estimate of drug-likeness (QED) is 0.184. The summed E-state index contributed by atoms with van der Waals surface area (Å²) in [5, 5.41) is 9.05. The smallest absolute Gasteiger partial charge is 0.310 e. The molecule has 0 aliphatic heterocycles. The Morgan fingerprint density at radius 2 is 1.63 bits per heavy atom. The Morgan fingerprint density at radius 1 is 1.11 bits per heavy atom. The second-order valence-electron chi connectivity index (χ2n) is 6.71. The monoisotopic (exact) mass is 385 g/mol. The van der Waals surface area contributed by atoms with Gasteiger partial charge in [0, 0.05) is 5.57 Å². The minimum Gasteiger partial charge on any atom is -0.460 e. The highest BCUT2D eigenvalue weighted by Gasteiger charge is 2.61. The summed E-state index contributed by atoms with van der Waals surface area (Å²) in [7, 11) is 0. The van der Waals surface area contributed by atoms with Gasteiger partial charge in [0.25, 0.3) is 0 Å². The number of nitriles is 1. The number of hydrogen-bond acceptors (Lipinski definition) is 3. The summed E-state index contributed by atoms with van der Waals surface area (Å²) >= 11 is 0. The maximum atomic E-state index is 13.6. The standard InChI is InChI=1S/C19H16F5NO2/c1-4-5-9(7-25)6-11-12(19(11,2)3)18(26)27-8-10-13(20)15(22)17(24)16(23)14(10)21/h4-6,11-12H,8H2,1-3H3/t11-,12+/m1/s1. The number of benzene rings is 1. The van der Waals surface area contributed by atoms with E-state index in [0.717, 1.165) is 0 Å². The van der Waals surface area contributed by atoms with Crippen molar-refractivity contribution in [2.45, 2.75) is 27.4 Å². The predicted molar refractivity (Wildman–Crippen MR) is 85.3 cm³/mol. The fourth-order valence-electron chi connectivity index (χ4n) is 2.95. The lowest BCUT2D eigenvalue weighted by Crippen LogP contribution is -2.14. The van der Waals surface area contributed by atoms with Gasteiger partial charge in [-0.3, -0.25) is 4.79 Å². The molecule has 1 saturated carbocycles. The molecule has 1 fully saturated rings. The van der Waals surface area contributed by atoms with Gasteiger partial charge >= 0.3 is 5.97 Å². The van der Waals surface area contributed by atoms with Crippen molar-refractivity contribution in [3.8, 4) is 6.07 Å². The predicted octanol–water partition coefficient (Wildman–Crippen LogP) is 4.72. The Balaban J connectivity index is 2.17. The van der Waals surface area contributed by atoms with Crippen LogP contribution in [0.25, 0.3) is 0 Å². The van der Waals surface area contributed by atoms with Crippen molar-refractivity contribution in [2.24, 2.45) is 17.3 Å². The number of nitrogens with zero attached hydrogens (tertiary/aromatic N) is 1. The van der Waals surface area contributed by atoms with E-state index < -0.39 is 58.6 Å². The molecule has 1 aromatic rings. The fraction of sp³-hybridized carbons (Fsp3) is 0.368. The number of ether oxygens (including phenoxy) is 1. The molecule has 1 aromatic carbocycles. The van der Waals surface area contributed by atoms with Crippen molar-refractivity contribution in [3.63, 3.8) is 0 Å². The average molecular weight is 385 g/mol. The van der Waals surface area contributed by atoms with Crippen molar-refractivity contribution in [1.82, 2.24) is 0 Å². The van der Waals surface area contributed by atoms with Gasteiger partial charge in [0.1, 0.15) is 6.61 Å². The summed E-state index contributed by atoms with van der Waals surface area (Å²) in [4.78, 5) is 12.2. The molecule has 1 aliphatic carbocycles. The van der Waals surface area contributed by atoms with Gasteiger partial charge in [-0.05, 0) is 24.3 Å². The molecule has 27 heavy (non-hydrogen) atoms. The van der Waals surface area contributed by atoms with Crippen LogP contribution in [0.3, 0.4) is 0 Å². The van der Waals surface area contributed by atoms with Crippen molar-refractivity contribution in [1.29, 1.82) is 5.26 Å². The number of rotatable bonds is 5. The molecule has 2 atom stereocenters. The summed E-state index contributed by atoms with van der Waals surface area (Å²) in [5.41, 5.74) is -1.44. The second kappa shape index (κ2) is 7.51. The molecule has 2 rings (SSSR count). The van der Waals surface area contributed by atoms with Crippen molar-refractivity contribution < 1.29 is 31.5 Å². The summed E-state index contributed by atoms with van der Waals surface area (Å²) < 4.78 is 71.5. The van der Waals surface area contributed by atoms with E-state index in [0.29, 0.717) is 5.57 Å². The molecule has 0 amide bonds. The van der Waals surface area contributed by atoms with Crippen LogP contribution in [0.15, 0.2) is 23.8 Å². The lowest BCUT2D eigenvalue weighted by atomic mass is 10.1. The second-order valence-corrected chi connectivity index (χ2v) is 6.71. The minimum absolute atomic E-state index is 0.339. The molecule has 0 spiro atoms. The van der Waals surface area contributed by atoms with Gasteiger partial charge in [-0.1, -0.05) is 26.0 Å². The molecule has 0 unspecified atom stereocenters. The Kier molecular flexibility index (Phi) is 5.73. The first-order valence-corrected chi connectivity index (χ1v) is 7.99. The highest BCUT2D eigenvalue weighted by atomic mass is 19.2. The third kappa shape index (κ3) is 3.72. The molecule has 0 bridgehead atoms. The third-order valence-corrected chi connectivity index (χ3v) is 4.66. The summed E-state index contributed by atoms with van der Waals surface area (Å²) in [6.45, 7) is 4.11. The molecule has 0 radical (unpaired) electrons. The Morgan fingerprint density at radius 3 is 2.11 bits per heavy atom. The molecule has 144 valence electrons. The SMILES string of the molecule is CC=CC(C#N)=C[C@@H]1[C@@H](C(=O)OCc2c(F)c(F)c(F)c(F)c2F)C1(C)C. The van der Waals surface area contributed by atoms with Crippen LogP contribution in [-0.2, 0) is 16.1 Å². The van der Waals surface area contributed by atoms with E-state index in [1.807, 2.05) is 6.07 Å². The number of carbonyl (C=O) groups excluding carboxylic acids is 1. The molecule has 8 heteroatoms. The molecule has 0 aromatic heterocycles. The maximum absolute atomic E-state index is 13.6. The lowest BCUT2D eigenvalue weighted by molar-refractivity contribution is -0.147. The van der Waals surface area contributed by atoms with Gasteiger partial charge in [-0.2, -0.15) is 5.26 Å². The topological polar surface area (TPSA) is 50.1 Å². The highest BCUT2D eigenvalue weighted by Crippen LogP contribution is 2.60. The summed E-state index contributed by atoms with van der Waals surface area (Å²) in [6.07, 6.45) is 4.80. The molecule has 0 N–H and O–H groups in total. The average Bonchev–Trinajstić information content (AvgIpc) is 3.17. The van der Waals surface area contributed by atoms with E-state index in [-0.39, 0.29) is 5.92 Å². The number of esters is 1. The van der Waals surface area contributed by atoms with Crippen molar-refractivity contribution in [2.75, 3.05) is 0 Å². The van der Waals surface area contributed by atoms with Gasteiger partial charge in [-0.15, -0.1) is 0 Å². The minimum atomic E-state index is -2.28. The molecular formula is C19H16F5NO2. The number of allylic oxidation sites excluding steroid dienone is 4. The Hall–Kier alpha value is -2.69. The van der Waals surface area contributed by atoms with Crippen LogP contribution in [0.2, 0.25) is 0 Å². The van der Waals surface area contributed by atoms with Crippen LogP contribution in [0.4, 0.5) is 22.0 Å². The number of hydrogen-bond donors (Lipinski definition) is 0. The summed E-state index contributed by atoms with van der Waals surface area (Å²) in [6, 6.07) is 1.97. The normalized spacial score (nSPS) is 21.2. The summed E-state index contributed by atoms with van der Waals surface area (Å²) in [5.74, 6) is -12.4. The van der Waals surface area contributed by atoms with E-state index in [2.05, 4.69) is 0 Å². The van der Waals surface area contributed by atoms with Gasteiger partial charge in [-0.25, -0.2) is 22.0 Å². The van der Waals surface area contributed by atoms with Crippen LogP contribution in [0.5, 0.6) is 0 Å². The van der Waals surface area contributed by atoms with Crippen LogP contribution < -0.4 is 0 Å². The largest absolute Gasteiger partial charge is 0.460 e. The first kappa shape index (κ1) is 20.6. The zero-order valence-corrected chi connectivity index (χ0v) is 14.7. The Labute approximate surface area is 152 Å². The van der Waals surface area contributed by atoms with Gasteiger partial charge in [0.2, 0.25) is 5.82 Å². The van der Waals surface area contributed by atoms with E-state index >= 15 is 0 Å². The first-order valence-electron chi connectivity index (χ1n) is 7.99. The van der Waals surface area contributed by atoms with Crippen molar-refractivity contribution in [3.05, 3.63) is 58.5 Å². The van der Waals surface area contributed by atoms with Crippen molar-refractivity contribution >= 4 is 5.97 Å². The fourth-order valence-corrected chi connectivity index (χ4v) is 2.95. The lowest BCUT2D eigenvalue weighted by Gasteiger charge is -2.09. The van der Waals surface area contributed by atoms with Crippen LogP contribution >= 0.6 is 0 Å². The van der Waals surface area contributed by atoms with E-state index in [9.17, 15) is 26.7 Å². The molecule has 1 aliphatic rings. The van der Waals surface area contributed by atoms with E-state index in [4.69, 9.17) is 10.00 Å². The highest BCUT2D eigenvalue weighted by molar-refractivity contribution is 5.78. The Bertz CT molecular complexity index is 854. The van der Waals surface area contributed by atoms with Gasteiger partial charge in [0.15, 0.2) is 23.3 Å². The zero-order chi connectivity index (χ0) is 20.5. The zero-order valence-electron chi connectivity index (χ0n) is 14.7. The van der Waals surface area contributed by atoms with Gasteiger partial charge in [0.05, 0.1) is 17.6 Å². The number of halogens is 5. The van der Waals surface area contributed by atoms with Gasteiger partial charge < -0.3 is 4.74 Å². The van der Waals surface area contributed by atoms with E-state index in [1.165, 1.54) is 0 Å². The molecule has 0 heterocycles. The maximum Gasteiger partial charge on any atom is 0.310 e. The molecule has 0 saturated heterocycles. The van der Waals surface area contributed by atoms with Crippen LogP contribution in [-0.4, -0.2) is 5.97 Å². The van der Waals surface area contributed by atoms with Crippen LogP contribution in [0.1, 0.15) is 26.3 Å². The van der Waals surface area contributed by atoms with Crippen LogP contribution in [0, 0.1) is 57.7 Å². The van der Waals surface area contributed by atoms with E-state index in [1.54, 1.807) is 39.0 Å². The number of carbonyl (C=O) groups is 1. The first-order chi connectivity index (χ1) is 12.6. The molecular weight excluding hydrogens is 369 g/mol.